The lowest BCUT2D eigenvalue weighted by molar-refractivity contribution is -0.140. The highest BCUT2D eigenvalue weighted by molar-refractivity contribution is 5.98. The molecule has 1 aliphatic rings. The van der Waals surface area contributed by atoms with E-state index in [1.807, 2.05) is 6.92 Å². The van der Waals surface area contributed by atoms with Crippen LogP contribution in [-0.4, -0.2) is 42.5 Å². The molecule has 7 nitrogen and oxygen atoms in total. The highest BCUT2D eigenvalue weighted by Gasteiger charge is 2.25. The maximum absolute atomic E-state index is 12.3. The van der Waals surface area contributed by atoms with Gasteiger partial charge >= 0.3 is 5.97 Å². The molecule has 0 bridgehead atoms. The molecule has 7 heteroatoms. The number of aromatic hydroxyl groups is 1. The van der Waals surface area contributed by atoms with E-state index >= 15 is 0 Å². The zero-order valence-electron chi connectivity index (χ0n) is 18.6. The Morgan fingerprint density at radius 3 is 2.62 bits per heavy atom. The van der Waals surface area contributed by atoms with Crippen LogP contribution in [0.2, 0.25) is 0 Å². The lowest BCUT2D eigenvalue weighted by Gasteiger charge is -2.17. The summed E-state index contributed by atoms with van der Waals surface area (Å²) >= 11 is 0. The lowest BCUT2D eigenvalue weighted by atomic mass is 10.0. The number of ether oxygens (including phenoxy) is 3. The van der Waals surface area contributed by atoms with Gasteiger partial charge in [-0.3, -0.25) is 14.4 Å². The summed E-state index contributed by atoms with van der Waals surface area (Å²) in [5.74, 6) is 0.479. The Labute approximate surface area is 187 Å². The van der Waals surface area contributed by atoms with E-state index in [1.54, 1.807) is 30.3 Å². The average molecular weight is 440 g/mol. The Morgan fingerprint density at radius 1 is 1.16 bits per heavy atom. The number of methoxy groups -OCH3 is 1. The standard InChI is InChI=1S/C25H28O7/c1-4-5-20-23(10-7-19(15(2)26)25(20)29)31-14-18-13-17-12-16(6-9-22(17)32-18)21(27)8-11-24(28)30-3/h6-7,9-10,12,18,29H,4-5,8,11,13-14H2,1-3H3. The minimum Gasteiger partial charge on any atom is -0.507 e. The van der Waals surface area contributed by atoms with Crippen LogP contribution in [0.15, 0.2) is 30.3 Å². The molecule has 2 aromatic carbocycles. The second kappa shape index (κ2) is 10.3. The number of carbonyl (C=O) groups is 3. The van der Waals surface area contributed by atoms with Crippen LogP contribution in [-0.2, 0) is 22.4 Å². The highest BCUT2D eigenvalue weighted by atomic mass is 16.5. The van der Waals surface area contributed by atoms with Gasteiger partial charge in [0, 0.05) is 24.0 Å². The number of Topliss-reactive ketones (excluding diaryl/α,β-unsaturated/α-hetero) is 2. The van der Waals surface area contributed by atoms with Crippen molar-refractivity contribution in [1.82, 2.24) is 0 Å². The van der Waals surface area contributed by atoms with Gasteiger partial charge in [0.2, 0.25) is 0 Å². The molecule has 170 valence electrons. The maximum Gasteiger partial charge on any atom is 0.305 e. The summed E-state index contributed by atoms with van der Waals surface area (Å²) < 4.78 is 16.5. The summed E-state index contributed by atoms with van der Waals surface area (Å²) in [6.07, 6.45) is 1.87. The molecular weight excluding hydrogens is 412 g/mol. The van der Waals surface area contributed by atoms with Crippen LogP contribution in [0.25, 0.3) is 0 Å². The smallest absolute Gasteiger partial charge is 0.305 e. The highest BCUT2D eigenvalue weighted by Crippen LogP contribution is 2.34. The lowest BCUT2D eigenvalue weighted by Crippen LogP contribution is -2.22. The number of fused-ring (bicyclic) bond motifs is 1. The second-order valence-electron chi connectivity index (χ2n) is 7.82. The molecule has 1 heterocycles. The first kappa shape index (κ1) is 23.3. The van der Waals surface area contributed by atoms with Crippen LogP contribution in [0, 0.1) is 0 Å². The molecule has 0 saturated heterocycles. The van der Waals surface area contributed by atoms with E-state index < -0.39 is 5.97 Å². The molecule has 1 aliphatic heterocycles. The van der Waals surface area contributed by atoms with Gasteiger partial charge in [0.15, 0.2) is 11.6 Å². The number of benzene rings is 2. The van der Waals surface area contributed by atoms with E-state index in [2.05, 4.69) is 4.74 Å². The molecule has 2 aromatic rings. The van der Waals surface area contributed by atoms with Gasteiger partial charge in [-0.15, -0.1) is 0 Å². The molecule has 0 aliphatic carbocycles. The largest absolute Gasteiger partial charge is 0.507 e. The van der Waals surface area contributed by atoms with Crippen LogP contribution in [0.5, 0.6) is 17.2 Å². The van der Waals surface area contributed by atoms with E-state index in [4.69, 9.17) is 9.47 Å². The summed E-state index contributed by atoms with van der Waals surface area (Å²) in [6, 6.07) is 8.53. The Hall–Kier alpha value is -3.35. The van der Waals surface area contributed by atoms with Crippen LogP contribution < -0.4 is 9.47 Å². The van der Waals surface area contributed by atoms with Crippen LogP contribution in [0.3, 0.4) is 0 Å². The Kier molecular flexibility index (Phi) is 7.51. The van der Waals surface area contributed by atoms with Crippen molar-refractivity contribution in [1.29, 1.82) is 0 Å². The number of esters is 1. The SMILES string of the molecule is CCCc1c(OCC2Cc3cc(C(=O)CCC(=O)OC)ccc3O2)ccc(C(C)=O)c1O. The number of ketones is 2. The zero-order valence-corrected chi connectivity index (χ0v) is 18.6. The first-order chi connectivity index (χ1) is 15.3. The molecule has 0 fully saturated rings. The van der Waals surface area contributed by atoms with Crippen molar-refractivity contribution in [3.05, 3.63) is 52.6 Å². The van der Waals surface area contributed by atoms with Crippen molar-refractivity contribution in [3.63, 3.8) is 0 Å². The first-order valence-corrected chi connectivity index (χ1v) is 10.7. The van der Waals surface area contributed by atoms with Crippen molar-refractivity contribution < 1.29 is 33.7 Å². The van der Waals surface area contributed by atoms with Gasteiger partial charge in [0.25, 0.3) is 0 Å². The van der Waals surface area contributed by atoms with Crippen LogP contribution in [0.1, 0.15) is 65.0 Å². The number of hydrogen-bond donors (Lipinski definition) is 1. The van der Waals surface area contributed by atoms with Gasteiger partial charge < -0.3 is 19.3 Å². The minimum absolute atomic E-state index is 0.0254. The number of carbonyl (C=O) groups excluding carboxylic acids is 3. The summed E-state index contributed by atoms with van der Waals surface area (Å²) in [6.45, 7) is 3.67. The molecule has 0 amide bonds. The summed E-state index contributed by atoms with van der Waals surface area (Å²) in [7, 11) is 1.30. The molecule has 1 N–H and O–H groups in total. The van der Waals surface area contributed by atoms with E-state index in [0.29, 0.717) is 35.5 Å². The normalized spacial score (nSPS) is 14.4. The van der Waals surface area contributed by atoms with Crippen molar-refractivity contribution in [2.24, 2.45) is 0 Å². The molecule has 0 spiro atoms. The third kappa shape index (κ3) is 5.28. The van der Waals surface area contributed by atoms with Gasteiger partial charge in [-0.1, -0.05) is 13.3 Å². The molecule has 0 aromatic heterocycles. The number of phenolic OH excluding ortho intramolecular Hbond substituents is 1. The molecule has 3 rings (SSSR count). The third-order valence-electron chi connectivity index (χ3n) is 5.45. The Morgan fingerprint density at radius 2 is 1.94 bits per heavy atom. The van der Waals surface area contributed by atoms with Gasteiger partial charge in [0.05, 0.1) is 19.1 Å². The van der Waals surface area contributed by atoms with E-state index in [-0.39, 0.29) is 48.4 Å². The molecule has 1 unspecified atom stereocenters. The van der Waals surface area contributed by atoms with Crippen molar-refractivity contribution in [2.75, 3.05) is 13.7 Å². The summed E-state index contributed by atoms with van der Waals surface area (Å²) in [5.41, 5.74) is 2.35. The fourth-order valence-corrected chi connectivity index (χ4v) is 3.76. The number of hydrogen-bond acceptors (Lipinski definition) is 7. The van der Waals surface area contributed by atoms with Crippen molar-refractivity contribution in [3.8, 4) is 17.2 Å². The quantitative estimate of drug-likeness (QED) is 0.439. The minimum atomic E-state index is -0.412. The van der Waals surface area contributed by atoms with Gasteiger partial charge in [-0.2, -0.15) is 0 Å². The van der Waals surface area contributed by atoms with Gasteiger partial charge in [0.1, 0.15) is 30.0 Å². The van der Waals surface area contributed by atoms with Gasteiger partial charge in [-0.25, -0.2) is 0 Å². The van der Waals surface area contributed by atoms with Crippen molar-refractivity contribution >= 4 is 17.5 Å². The van der Waals surface area contributed by atoms with E-state index in [9.17, 15) is 19.5 Å². The van der Waals surface area contributed by atoms with E-state index in [1.165, 1.54) is 14.0 Å². The fraction of sp³-hybridized carbons (Fsp3) is 0.400. The van der Waals surface area contributed by atoms with Crippen LogP contribution in [0.4, 0.5) is 0 Å². The van der Waals surface area contributed by atoms with Crippen LogP contribution >= 0.6 is 0 Å². The summed E-state index contributed by atoms with van der Waals surface area (Å²) in [5, 5.41) is 10.5. The zero-order chi connectivity index (χ0) is 23.3. The number of rotatable bonds is 10. The third-order valence-corrected chi connectivity index (χ3v) is 5.45. The second-order valence-corrected chi connectivity index (χ2v) is 7.82. The predicted octanol–water partition coefficient (Wildman–Crippen LogP) is 4.07. The first-order valence-electron chi connectivity index (χ1n) is 10.7. The molecule has 32 heavy (non-hydrogen) atoms. The molecule has 1 atom stereocenters. The average Bonchev–Trinajstić information content (AvgIpc) is 3.19. The van der Waals surface area contributed by atoms with Crippen molar-refractivity contribution in [2.45, 2.75) is 52.1 Å². The Balaban J connectivity index is 1.65. The molecule has 0 radical (unpaired) electrons. The molecular formula is C25H28O7. The predicted molar refractivity (Wildman–Crippen MR) is 118 cm³/mol. The Bertz CT molecular complexity index is 1030. The van der Waals surface area contributed by atoms with Gasteiger partial charge in [-0.05, 0) is 49.2 Å². The molecule has 0 saturated carbocycles. The fourth-order valence-electron chi connectivity index (χ4n) is 3.76. The summed E-state index contributed by atoms with van der Waals surface area (Å²) in [4.78, 5) is 35.3. The maximum atomic E-state index is 12.3. The van der Waals surface area contributed by atoms with E-state index in [0.717, 1.165) is 12.0 Å². The number of phenols is 1. The monoisotopic (exact) mass is 440 g/mol. The topological polar surface area (TPSA) is 99.1 Å².